The van der Waals surface area contributed by atoms with Crippen molar-refractivity contribution >= 4 is 43.8 Å². The van der Waals surface area contributed by atoms with Gasteiger partial charge in [0.15, 0.2) is 0 Å². The molecule has 1 aliphatic heterocycles. The van der Waals surface area contributed by atoms with Crippen LogP contribution in [0.15, 0.2) is 27.1 Å². The summed E-state index contributed by atoms with van der Waals surface area (Å²) in [7, 11) is 0. The molecule has 15 heavy (non-hydrogen) atoms. The van der Waals surface area contributed by atoms with Gasteiger partial charge in [0.05, 0.1) is 0 Å². The minimum Gasteiger partial charge on any atom is -0.322 e. The van der Waals surface area contributed by atoms with Crippen molar-refractivity contribution in [3.05, 3.63) is 32.7 Å². The highest BCUT2D eigenvalue weighted by atomic mass is 79.9. The van der Waals surface area contributed by atoms with Crippen molar-refractivity contribution in [3.63, 3.8) is 0 Å². The van der Waals surface area contributed by atoms with E-state index in [0.29, 0.717) is 0 Å². The topological polar surface area (TPSA) is 58.2 Å². The summed E-state index contributed by atoms with van der Waals surface area (Å²) in [6, 6.07) is 4.34. The molecular formula is C9H6Br2N2O2. The number of hydrogen-bond acceptors (Lipinski definition) is 2. The van der Waals surface area contributed by atoms with E-state index in [0.717, 1.165) is 14.5 Å². The summed E-state index contributed by atoms with van der Waals surface area (Å²) < 4.78 is 1.74. The molecule has 2 N–H and O–H groups in total. The van der Waals surface area contributed by atoms with Crippen LogP contribution < -0.4 is 10.6 Å². The number of imide groups is 1. The number of carbonyl (C=O) groups excluding carboxylic acids is 2. The molecule has 78 valence electrons. The van der Waals surface area contributed by atoms with Gasteiger partial charge in [-0.15, -0.1) is 0 Å². The van der Waals surface area contributed by atoms with E-state index in [1.165, 1.54) is 0 Å². The van der Waals surface area contributed by atoms with Crippen LogP contribution in [-0.4, -0.2) is 11.9 Å². The van der Waals surface area contributed by atoms with Gasteiger partial charge in [-0.05, 0) is 49.6 Å². The molecule has 6 heteroatoms. The summed E-state index contributed by atoms with van der Waals surface area (Å²) in [5.41, 5.74) is 0.744. The first-order valence-corrected chi connectivity index (χ1v) is 5.73. The van der Waals surface area contributed by atoms with Crippen molar-refractivity contribution in [1.82, 2.24) is 10.6 Å². The molecule has 4 nitrogen and oxygen atoms in total. The number of rotatable bonds is 1. The van der Waals surface area contributed by atoms with Crippen LogP contribution in [0.2, 0.25) is 0 Å². The predicted octanol–water partition coefficient (Wildman–Crippen LogP) is 2.09. The zero-order chi connectivity index (χ0) is 11.0. The molecule has 1 aromatic rings. The molecule has 0 saturated carbocycles. The first kappa shape index (κ1) is 10.6. The Bertz CT molecular complexity index is 448. The van der Waals surface area contributed by atoms with Crippen molar-refractivity contribution in [2.45, 2.75) is 6.04 Å². The van der Waals surface area contributed by atoms with Crippen LogP contribution in [0.1, 0.15) is 11.6 Å². The number of hydrogen-bond donors (Lipinski definition) is 2. The van der Waals surface area contributed by atoms with Crippen LogP contribution in [0.5, 0.6) is 0 Å². The highest BCUT2D eigenvalue weighted by molar-refractivity contribution is 9.13. The fraction of sp³-hybridized carbons (Fsp3) is 0.111. The van der Waals surface area contributed by atoms with Crippen molar-refractivity contribution < 1.29 is 9.59 Å². The molecule has 0 radical (unpaired) electrons. The summed E-state index contributed by atoms with van der Waals surface area (Å²) in [6.45, 7) is 0. The van der Waals surface area contributed by atoms with Crippen molar-refractivity contribution in [2.24, 2.45) is 0 Å². The molecule has 1 heterocycles. The maximum Gasteiger partial charge on any atom is 0.322 e. The third-order valence-corrected chi connectivity index (χ3v) is 3.93. The molecule has 1 atom stereocenters. The van der Waals surface area contributed by atoms with Crippen LogP contribution in [-0.2, 0) is 4.79 Å². The molecule has 3 amide bonds. The summed E-state index contributed by atoms with van der Waals surface area (Å²) in [6.07, 6.45) is 0. The lowest BCUT2D eigenvalue weighted by molar-refractivity contribution is -0.120. The lowest BCUT2D eigenvalue weighted by Gasteiger charge is -2.08. The minimum atomic E-state index is -0.595. The highest BCUT2D eigenvalue weighted by Gasteiger charge is 2.30. The number of urea groups is 1. The summed E-state index contributed by atoms with van der Waals surface area (Å²) in [5, 5.41) is 4.71. The van der Waals surface area contributed by atoms with Gasteiger partial charge < -0.3 is 5.32 Å². The molecule has 0 aliphatic carbocycles. The molecule has 1 aromatic carbocycles. The van der Waals surface area contributed by atoms with E-state index >= 15 is 0 Å². The Morgan fingerprint density at radius 3 is 2.40 bits per heavy atom. The Morgan fingerprint density at radius 1 is 1.13 bits per heavy atom. The quantitative estimate of drug-likeness (QED) is 0.773. The maximum absolute atomic E-state index is 11.4. The standard InChI is InChI=1S/C9H6Br2N2O2/c10-5-2-1-4(3-6(5)11)7-8(14)13-9(15)12-7/h1-3,7H,(H2,12,13,14,15). The van der Waals surface area contributed by atoms with Gasteiger partial charge in [-0.2, -0.15) is 0 Å². The number of nitrogens with one attached hydrogen (secondary N) is 2. The van der Waals surface area contributed by atoms with E-state index in [1.807, 2.05) is 6.07 Å². The third kappa shape index (κ3) is 2.05. The summed E-state index contributed by atoms with van der Waals surface area (Å²) in [5.74, 6) is -0.325. The smallest absolute Gasteiger partial charge is 0.322 e. The molecule has 0 aromatic heterocycles. The minimum absolute atomic E-state index is 0.325. The van der Waals surface area contributed by atoms with Crippen LogP contribution >= 0.6 is 31.9 Å². The Hall–Kier alpha value is -0.880. The third-order valence-electron chi connectivity index (χ3n) is 2.05. The van der Waals surface area contributed by atoms with Gasteiger partial charge in [0.2, 0.25) is 0 Å². The lowest BCUT2D eigenvalue weighted by atomic mass is 10.1. The lowest BCUT2D eigenvalue weighted by Crippen LogP contribution is -2.22. The molecule has 0 spiro atoms. The van der Waals surface area contributed by atoms with Gasteiger partial charge in [-0.25, -0.2) is 4.79 Å². The van der Waals surface area contributed by atoms with Gasteiger partial charge in [0.25, 0.3) is 5.91 Å². The number of carbonyl (C=O) groups is 2. The van der Waals surface area contributed by atoms with Crippen LogP contribution in [0.4, 0.5) is 4.79 Å². The first-order valence-electron chi connectivity index (χ1n) is 4.14. The second-order valence-electron chi connectivity index (χ2n) is 3.07. The van der Waals surface area contributed by atoms with Gasteiger partial charge in [0, 0.05) is 8.95 Å². The maximum atomic E-state index is 11.4. The fourth-order valence-electron chi connectivity index (χ4n) is 1.34. The SMILES string of the molecule is O=C1NC(=O)C(c2ccc(Br)c(Br)c2)N1. The molecular weight excluding hydrogens is 328 g/mol. The normalized spacial score (nSPS) is 20.0. The average Bonchev–Trinajstić information content (AvgIpc) is 2.50. The summed E-state index contributed by atoms with van der Waals surface area (Å²) in [4.78, 5) is 22.3. The van der Waals surface area contributed by atoms with E-state index in [2.05, 4.69) is 42.5 Å². The van der Waals surface area contributed by atoms with Crippen LogP contribution in [0, 0.1) is 0 Å². The molecule has 1 aliphatic rings. The molecule has 1 unspecified atom stereocenters. The zero-order valence-electron chi connectivity index (χ0n) is 7.38. The van der Waals surface area contributed by atoms with Crippen molar-refractivity contribution in [2.75, 3.05) is 0 Å². The molecule has 1 saturated heterocycles. The first-order chi connectivity index (χ1) is 7.08. The Kier molecular flexibility index (Phi) is 2.79. The number of amides is 3. The number of halogens is 2. The monoisotopic (exact) mass is 332 g/mol. The van der Waals surface area contributed by atoms with Crippen molar-refractivity contribution in [3.8, 4) is 0 Å². The highest BCUT2D eigenvalue weighted by Crippen LogP contribution is 2.27. The van der Waals surface area contributed by atoms with E-state index in [-0.39, 0.29) is 5.91 Å². The van der Waals surface area contributed by atoms with E-state index < -0.39 is 12.1 Å². The Balaban J connectivity index is 2.34. The van der Waals surface area contributed by atoms with Gasteiger partial charge in [-0.1, -0.05) is 6.07 Å². The van der Waals surface area contributed by atoms with Gasteiger partial charge in [0.1, 0.15) is 6.04 Å². The molecule has 1 fully saturated rings. The van der Waals surface area contributed by atoms with Gasteiger partial charge in [-0.3, -0.25) is 10.1 Å². The number of benzene rings is 1. The molecule has 0 bridgehead atoms. The van der Waals surface area contributed by atoms with Gasteiger partial charge >= 0.3 is 6.03 Å². The Morgan fingerprint density at radius 2 is 1.87 bits per heavy atom. The fourth-order valence-corrected chi connectivity index (χ4v) is 1.99. The summed E-state index contributed by atoms with van der Waals surface area (Å²) >= 11 is 6.67. The van der Waals surface area contributed by atoms with E-state index in [4.69, 9.17) is 0 Å². The average molecular weight is 334 g/mol. The van der Waals surface area contributed by atoms with E-state index in [9.17, 15) is 9.59 Å². The second kappa shape index (κ2) is 3.94. The molecule has 2 rings (SSSR count). The van der Waals surface area contributed by atoms with Crippen LogP contribution in [0.3, 0.4) is 0 Å². The second-order valence-corrected chi connectivity index (χ2v) is 4.78. The predicted molar refractivity (Wildman–Crippen MR) is 61.3 cm³/mol. The Labute approximate surface area is 103 Å². The van der Waals surface area contributed by atoms with Crippen molar-refractivity contribution in [1.29, 1.82) is 0 Å². The van der Waals surface area contributed by atoms with Crippen LogP contribution in [0.25, 0.3) is 0 Å². The zero-order valence-corrected chi connectivity index (χ0v) is 10.6. The largest absolute Gasteiger partial charge is 0.322 e. The van der Waals surface area contributed by atoms with E-state index in [1.54, 1.807) is 12.1 Å².